The Morgan fingerprint density at radius 3 is 2.41 bits per heavy atom. The van der Waals surface area contributed by atoms with Crippen molar-refractivity contribution in [2.24, 2.45) is 0 Å². The Kier molecular flexibility index (Phi) is 5.58. The predicted octanol–water partition coefficient (Wildman–Crippen LogP) is 4.25. The first kappa shape index (κ1) is 16.5. The van der Waals surface area contributed by atoms with Gasteiger partial charge in [-0.25, -0.2) is 0 Å². The van der Waals surface area contributed by atoms with Gasteiger partial charge < -0.3 is 10.6 Å². The summed E-state index contributed by atoms with van der Waals surface area (Å²) in [5.41, 5.74) is 4.08. The zero-order valence-electron chi connectivity index (χ0n) is 13.1. The molecule has 3 nitrogen and oxygen atoms in total. The van der Waals surface area contributed by atoms with Gasteiger partial charge in [-0.3, -0.25) is 4.79 Å². The molecule has 2 N–H and O–H groups in total. The molecule has 4 heteroatoms. The normalized spacial score (nSPS) is 12.0. The molecular formula is C18H21ClN2O. The average molecular weight is 317 g/mol. The molecular weight excluding hydrogens is 296 g/mol. The van der Waals surface area contributed by atoms with E-state index in [1.165, 1.54) is 0 Å². The number of benzene rings is 2. The highest BCUT2D eigenvalue weighted by atomic mass is 35.5. The van der Waals surface area contributed by atoms with E-state index in [2.05, 4.69) is 16.7 Å². The third-order valence-corrected chi connectivity index (χ3v) is 3.79. The lowest BCUT2D eigenvalue weighted by Gasteiger charge is -2.15. The van der Waals surface area contributed by atoms with Crippen LogP contribution in [-0.4, -0.2) is 12.5 Å². The standard InChI is InChI=1S/C18H21ClN2O/c1-12-8-13(2)10-15(9-12)21-18(22)11-20-14(3)16-6-4-5-7-17(16)19/h4-10,14,20H,11H2,1-3H3,(H,21,22)/t14-/m1/s1. The van der Waals surface area contributed by atoms with Crippen molar-refractivity contribution in [2.75, 3.05) is 11.9 Å². The molecule has 22 heavy (non-hydrogen) atoms. The van der Waals surface area contributed by atoms with Crippen LogP contribution in [-0.2, 0) is 4.79 Å². The number of rotatable bonds is 5. The Hall–Kier alpha value is -1.84. The molecule has 0 aliphatic heterocycles. The molecule has 0 aromatic heterocycles. The Morgan fingerprint density at radius 2 is 1.77 bits per heavy atom. The number of anilines is 1. The van der Waals surface area contributed by atoms with E-state index in [4.69, 9.17) is 11.6 Å². The number of amides is 1. The van der Waals surface area contributed by atoms with Crippen molar-refractivity contribution >= 4 is 23.2 Å². The highest BCUT2D eigenvalue weighted by Gasteiger charge is 2.10. The number of carbonyl (C=O) groups excluding carboxylic acids is 1. The summed E-state index contributed by atoms with van der Waals surface area (Å²) < 4.78 is 0. The maximum Gasteiger partial charge on any atom is 0.238 e. The molecule has 0 unspecified atom stereocenters. The topological polar surface area (TPSA) is 41.1 Å². The van der Waals surface area contributed by atoms with Crippen molar-refractivity contribution in [3.8, 4) is 0 Å². The molecule has 1 atom stereocenters. The minimum atomic E-state index is -0.0658. The van der Waals surface area contributed by atoms with E-state index in [0.717, 1.165) is 22.4 Å². The van der Waals surface area contributed by atoms with Gasteiger partial charge >= 0.3 is 0 Å². The summed E-state index contributed by atoms with van der Waals surface area (Å²) in [7, 11) is 0. The minimum absolute atomic E-state index is 0.0127. The van der Waals surface area contributed by atoms with Gasteiger partial charge in [0, 0.05) is 16.8 Å². The van der Waals surface area contributed by atoms with Gasteiger partial charge in [-0.2, -0.15) is 0 Å². The number of carbonyl (C=O) groups is 1. The summed E-state index contributed by atoms with van der Waals surface area (Å²) in [6.07, 6.45) is 0. The monoisotopic (exact) mass is 316 g/mol. The Labute approximate surface area is 136 Å². The van der Waals surface area contributed by atoms with E-state index in [1.807, 2.05) is 57.2 Å². The van der Waals surface area contributed by atoms with Crippen molar-refractivity contribution in [2.45, 2.75) is 26.8 Å². The first-order valence-corrected chi connectivity index (χ1v) is 7.69. The summed E-state index contributed by atoms with van der Waals surface area (Å²) in [5.74, 6) is -0.0658. The highest BCUT2D eigenvalue weighted by Crippen LogP contribution is 2.21. The Balaban J connectivity index is 1.91. The highest BCUT2D eigenvalue weighted by molar-refractivity contribution is 6.31. The summed E-state index contributed by atoms with van der Waals surface area (Å²) >= 11 is 6.16. The Bertz CT molecular complexity index is 650. The van der Waals surface area contributed by atoms with Gasteiger partial charge in [0.25, 0.3) is 0 Å². The second-order valence-corrected chi connectivity index (χ2v) is 5.96. The van der Waals surface area contributed by atoms with Gasteiger partial charge in [0.2, 0.25) is 5.91 Å². The lowest BCUT2D eigenvalue weighted by Crippen LogP contribution is -2.30. The predicted molar refractivity (Wildman–Crippen MR) is 92.4 cm³/mol. The fourth-order valence-corrected chi connectivity index (χ4v) is 2.73. The molecule has 2 aromatic rings. The van der Waals surface area contributed by atoms with Crippen molar-refractivity contribution in [1.29, 1.82) is 0 Å². The second kappa shape index (κ2) is 7.43. The largest absolute Gasteiger partial charge is 0.325 e. The summed E-state index contributed by atoms with van der Waals surface area (Å²) in [4.78, 5) is 12.0. The van der Waals surface area contributed by atoms with Crippen LogP contribution in [0.5, 0.6) is 0 Å². The van der Waals surface area contributed by atoms with Gasteiger partial charge in [0.05, 0.1) is 6.54 Å². The molecule has 0 fully saturated rings. The second-order valence-electron chi connectivity index (χ2n) is 5.55. The molecule has 0 aliphatic carbocycles. The molecule has 2 rings (SSSR count). The lowest BCUT2D eigenvalue weighted by atomic mass is 10.1. The molecule has 1 amide bonds. The summed E-state index contributed by atoms with van der Waals surface area (Å²) in [5, 5.41) is 6.81. The minimum Gasteiger partial charge on any atom is -0.325 e. The first-order valence-electron chi connectivity index (χ1n) is 7.31. The quantitative estimate of drug-likeness (QED) is 0.866. The zero-order valence-corrected chi connectivity index (χ0v) is 13.9. The molecule has 0 spiro atoms. The number of hydrogen-bond acceptors (Lipinski definition) is 2. The zero-order chi connectivity index (χ0) is 16.1. The van der Waals surface area contributed by atoms with Gasteiger partial charge in [0.15, 0.2) is 0 Å². The fraction of sp³-hybridized carbons (Fsp3) is 0.278. The Morgan fingerprint density at radius 1 is 1.14 bits per heavy atom. The van der Waals surface area contributed by atoms with Gasteiger partial charge in [-0.15, -0.1) is 0 Å². The molecule has 116 valence electrons. The van der Waals surface area contributed by atoms with Gasteiger partial charge in [-0.05, 0) is 55.7 Å². The van der Waals surface area contributed by atoms with E-state index < -0.39 is 0 Å². The average Bonchev–Trinajstić information content (AvgIpc) is 2.44. The molecule has 0 bridgehead atoms. The van der Waals surface area contributed by atoms with Crippen LogP contribution in [0.1, 0.15) is 29.7 Å². The van der Waals surface area contributed by atoms with E-state index in [-0.39, 0.29) is 18.5 Å². The SMILES string of the molecule is Cc1cc(C)cc(NC(=O)CN[C@H](C)c2ccccc2Cl)c1. The smallest absolute Gasteiger partial charge is 0.238 e. The van der Waals surface area contributed by atoms with Crippen LogP contribution in [0.3, 0.4) is 0 Å². The molecule has 0 aliphatic rings. The molecule has 2 aromatic carbocycles. The number of nitrogens with one attached hydrogen (secondary N) is 2. The van der Waals surface area contributed by atoms with Crippen molar-refractivity contribution < 1.29 is 4.79 Å². The van der Waals surface area contributed by atoms with Crippen LogP contribution >= 0.6 is 11.6 Å². The molecule has 0 saturated carbocycles. The van der Waals surface area contributed by atoms with E-state index in [0.29, 0.717) is 5.02 Å². The lowest BCUT2D eigenvalue weighted by molar-refractivity contribution is -0.115. The van der Waals surface area contributed by atoms with E-state index in [9.17, 15) is 4.79 Å². The van der Waals surface area contributed by atoms with Crippen molar-refractivity contribution in [1.82, 2.24) is 5.32 Å². The fourth-order valence-electron chi connectivity index (χ4n) is 2.43. The molecule has 0 radical (unpaired) electrons. The number of hydrogen-bond donors (Lipinski definition) is 2. The van der Waals surface area contributed by atoms with Crippen LogP contribution in [0, 0.1) is 13.8 Å². The summed E-state index contributed by atoms with van der Waals surface area (Å²) in [6.45, 7) is 6.26. The van der Waals surface area contributed by atoms with Crippen molar-refractivity contribution in [3.63, 3.8) is 0 Å². The number of halogens is 1. The van der Waals surface area contributed by atoms with Crippen LogP contribution < -0.4 is 10.6 Å². The van der Waals surface area contributed by atoms with Gasteiger partial charge in [0.1, 0.15) is 0 Å². The van der Waals surface area contributed by atoms with Crippen molar-refractivity contribution in [3.05, 3.63) is 64.2 Å². The third-order valence-electron chi connectivity index (χ3n) is 3.45. The van der Waals surface area contributed by atoms with E-state index >= 15 is 0 Å². The first-order chi connectivity index (χ1) is 10.5. The third kappa shape index (κ3) is 4.58. The van der Waals surface area contributed by atoms with E-state index in [1.54, 1.807) is 0 Å². The maximum absolute atomic E-state index is 12.0. The van der Waals surface area contributed by atoms with Crippen LogP contribution in [0.15, 0.2) is 42.5 Å². The number of aryl methyl sites for hydroxylation is 2. The molecule has 0 saturated heterocycles. The summed E-state index contributed by atoms with van der Waals surface area (Å²) in [6, 6.07) is 13.7. The van der Waals surface area contributed by atoms with Gasteiger partial charge in [-0.1, -0.05) is 35.9 Å². The molecule has 0 heterocycles. The van der Waals surface area contributed by atoms with Crippen LogP contribution in [0.2, 0.25) is 5.02 Å². The van der Waals surface area contributed by atoms with Crippen LogP contribution in [0.25, 0.3) is 0 Å². The van der Waals surface area contributed by atoms with Crippen LogP contribution in [0.4, 0.5) is 5.69 Å². The maximum atomic E-state index is 12.0.